The summed E-state index contributed by atoms with van der Waals surface area (Å²) in [4.78, 5) is 55.5. The monoisotopic (exact) mass is 479 g/mol. The average Bonchev–Trinajstić information content (AvgIpc) is 3.37. The molecule has 0 unspecified atom stereocenters. The number of imide groups is 1. The highest BCUT2D eigenvalue weighted by Crippen LogP contribution is 2.54. The summed E-state index contributed by atoms with van der Waals surface area (Å²) in [5.74, 6) is -2.93. The fraction of sp³-hybridized carbons (Fsp3) is 0.179. The highest BCUT2D eigenvalue weighted by atomic mass is 16.6. The second-order valence-electron chi connectivity index (χ2n) is 9.30. The number of benzene rings is 3. The lowest BCUT2D eigenvalue weighted by Gasteiger charge is -2.35. The van der Waals surface area contributed by atoms with Crippen LogP contribution in [-0.2, 0) is 9.59 Å². The van der Waals surface area contributed by atoms with Crippen molar-refractivity contribution in [1.82, 2.24) is 4.90 Å². The van der Waals surface area contributed by atoms with E-state index in [0.29, 0.717) is 11.1 Å². The van der Waals surface area contributed by atoms with Gasteiger partial charge in [-0.3, -0.25) is 24.5 Å². The second kappa shape index (κ2) is 7.98. The molecular formula is C28H21N3O5. The molecule has 0 aliphatic carbocycles. The Balaban J connectivity index is 1.51. The van der Waals surface area contributed by atoms with E-state index in [2.05, 4.69) is 0 Å². The Labute approximate surface area is 206 Å². The summed E-state index contributed by atoms with van der Waals surface area (Å²) in [5, 5.41) is 11.4. The summed E-state index contributed by atoms with van der Waals surface area (Å²) in [5.41, 5.74) is 2.80. The van der Waals surface area contributed by atoms with Crippen molar-refractivity contribution in [2.45, 2.75) is 19.0 Å². The molecule has 0 N–H and O–H groups in total. The minimum atomic E-state index is -0.926. The van der Waals surface area contributed by atoms with Crippen LogP contribution in [0.15, 0.2) is 79.0 Å². The Morgan fingerprint density at radius 1 is 0.917 bits per heavy atom. The number of carbonyl (C=O) groups excluding carboxylic acids is 3. The molecule has 3 aliphatic heterocycles. The van der Waals surface area contributed by atoms with Gasteiger partial charge in [-0.15, -0.1) is 0 Å². The van der Waals surface area contributed by atoms with Crippen molar-refractivity contribution in [3.8, 4) is 0 Å². The fourth-order valence-corrected chi connectivity index (χ4v) is 5.82. The molecule has 6 rings (SSSR count). The molecular weight excluding hydrogens is 458 g/mol. The SMILES string of the molecule is Cc1ccc([N+](=O)[O-])cc1N1C(=O)[C@@H]2[C@@H](C1=O)[C@H]1c3ccccc3C=CN1[C@@H]2C(=O)c1ccccc1. The van der Waals surface area contributed by atoms with Gasteiger partial charge in [0.1, 0.15) is 6.04 Å². The number of Topliss-reactive ketones (excluding diaryl/α,β-unsaturated/α-hetero) is 1. The third kappa shape index (κ3) is 3.04. The third-order valence-corrected chi connectivity index (χ3v) is 7.43. The van der Waals surface area contributed by atoms with Crippen molar-refractivity contribution in [1.29, 1.82) is 0 Å². The van der Waals surface area contributed by atoms with Crippen molar-refractivity contribution in [3.63, 3.8) is 0 Å². The number of nitro benzene ring substituents is 1. The van der Waals surface area contributed by atoms with Gasteiger partial charge >= 0.3 is 0 Å². The topological polar surface area (TPSA) is 101 Å². The van der Waals surface area contributed by atoms with Gasteiger partial charge in [0.25, 0.3) is 5.69 Å². The number of hydrogen-bond donors (Lipinski definition) is 0. The summed E-state index contributed by atoms with van der Waals surface area (Å²) in [7, 11) is 0. The lowest BCUT2D eigenvalue weighted by atomic mass is 9.83. The van der Waals surface area contributed by atoms with Gasteiger partial charge in [-0.25, -0.2) is 4.90 Å². The predicted octanol–water partition coefficient (Wildman–Crippen LogP) is 4.30. The van der Waals surface area contributed by atoms with Gasteiger partial charge in [0, 0.05) is 23.9 Å². The van der Waals surface area contributed by atoms with E-state index >= 15 is 0 Å². The number of fused-ring (bicyclic) bond motifs is 5. The summed E-state index contributed by atoms with van der Waals surface area (Å²) < 4.78 is 0. The van der Waals surface area contributed by atoms with Crippen molar-refractivity contribution >= 4 is 35.0 Å². The maximum atomic E-state index is 14.0. The molecule has 2 amide bonds. The van der Waals surface area contributed by atoms with Crippen LogP contribution in [0.25, 0.3) is 6.08 Å². The van der Waals surface area contributed by atoms with Crippen LogP contribution in [0.5, 0.6) is 0 Å². The van der Waals surface area contributed by atoms with Gasteiger partial charge < -0.3 is 4.90 Å². The normalized spacial score (nSPS) is 23.9. The van der Waals surface area contributed by atoms with E-state index in [0.717, 1.165) is 16.0 Å². The van der Waals surface area contributed by atoms with Crippen LogP contribution in [0.4, 0.5) is 11.4 Å². The Hall–Kier alpha value is -4.59. The van der Waals surface area contributed by atoms with E-state index in [4.69, 9.17) is 0 Å². The number of anilines is 1. The zero-order chi connectivity index (χ0) is 25.1. The van der Waals surface area contributed by atoms with E-state index < -0.39 is 40.7 Å². The van der Waals surface area contributed by atoms with Crippen LogP contribution >= 0.6 is 0 Å². The second-order valence-corrected chi connectivity index (χ2v) is 9.30. The van der Waals surface area contributed by atoms with E-state index in [1.807, 2.05) is 41.3 Å². The molecule has 3 heterocycles. The molecule has 8 nitrogen and oxygen atoms in total. The summed E-state index contributed by atoms with van der Waals surface area (Å²) in [6.07, 6.45) is 3.70. The number of hydrogen-bond acceptors (Lipinski definition) is 6. The molecule has 3 aliphatic rings. The quantitative estimate of drug-likeness (QED) is 0.239. The zero-order valence-corrected chi connectivity index (χ0v) is 19.3. The highest BCUT2D eigenvalue weighted by molar-refractivity contribution is 6.25. The lowest BCUT2D eigenvalue weighted by molar-refractivity contribution is -0.384. The van der Waals surface area contributed by atoms with Crippen LogP contribution in [-0.4, -0.2) is 33.5 Å². The first-order valence-electron chi connectivity index (χ1n) is 11.6. The molecule has 36 heavy (non-hydrogen) atoms. The number of ketones is 1. The number of rotatable bonds is 4. The van der Waals surface area contributed by atoms with Crippen molar-refractivity contribution < 1.29 is 19.3 Å². The van der Waals surface area contributed by atoms with Crippen LogP contribution < -0.4 is 4.90 Å². The van der Waals surface area contributed by atoms with Crippen LogP contribution in [0.3, 0.4) is 0 Å². The van der Waals surface area contributed by atoms with Crippen LogP contribution in [0.2, 0.25) is 0 Å². The molecule has 2 fully saturated rings. The van der Waals surface area contributed by atoms with Gasteiger partial charge in [0.05, 0.1) is 28.5 Å². The van der Waals surface area contributed by atoms with Gasteiger partial charge in [0.15, 0.2) is 5.78 Å². The van der Waals surface area contributed by atoms with E-state index in [1.165, 1.54) is 18.2 Å². The molecule has 178 valence electrons. The minimum absolute atomic E-state index is 0.186. The minimum Gasteiger partial charge on any atom is -0.358 e. The van der Waals surface area contributed by atoms with E-state index in [9.17, 15) is 24.5 Å². The first-order valence-corrected chi connectivity index (χ1v) is 11.6. The molecule has 0 spiro atoms. The summed E-state index contributed by atoms with van der Waals surface area (Å²) in [6.45, 7) is 1.70. The van der Waals surface area contributed by atoms with Crippen LogP contribution in [0, 0.1) is 28.9 Å². The van der Waals surface area contributed by atoms with E-state index in [-0.39, 0.29) is 17.2 Å². The molecule has 8 heteroatoms. The maximum Gasteiger partial charge on any atom is 0.271 e. The Morgan fingerprint density at radius 2 is 1.61 bits per heavy atom. The summed E-state index contributed by atoms with van der Waals surface area (Å²) in [6, 6.07) is 19.1. The molecule has 4 atom stereocenters. The lowest BCUT2D eigenvalue weighted by Crippen LogP contribution is -2.44. The van der Waals surface area contributed by atoms with Gasteiger partial charge in [-0.2, -0.15) is 0 Å². The molecule has 0 bridgehead atoms. The summed E-state index contributed by atoms with van der Waals surface area (Å²) >= 11 is 0. The van der Waals surface area contributed by atoms with Crippen molar-refractivity contribution in [3.05, 3.63) is 111 Å². The Kier molecular flexibility index (Phi) is 4.86. The Morgan fingerprint density at radius 3 is 2.36 bits per heavy atom. The van der Waals surface area contributed by atoms with Crippen molar-refractivity contribution in [2.24, 2.45) is 11.8 Å². The number of amides is 2. The first kappa shape index (κ1) is 21.9. The third-order valence-electron chi connectivity index (χ3n) is 7.43. The molecule has 3 aromatic carbocycles. The molecule has 2 saturated heterocycles. The molecule has 3 aromatic rings. The smallest absolute Gasteiger partial charge is 0.271 e. The van der Waals surface area contributed by atoms with Gasteiger partial charge in [0.2, 0.25) is 11.8 Å². The van der Waals surface area contributed by atoms with Gasteiger partial charge in [-0.1, -0.05) is 60.7 Å². The first-order chi connectivity index (χ1) is 17.4. The number of non-ortho nitro benzene ring substituents is 1. The Bertz CT molecular complexity index is 1480. The predicted molar refractivity (Wildman–Crippen MR) is 132 cm³/mol. The maximum absolute atomic E-state index is 14.0. The number of nitro groups is 1. The zero-order valence-electron chi connectivity index (χ0n) is 19.3. The molecule has 0 radical (unpaired) electrons. The van der Waals surface area contributed by atoms with Crippen LogP contribution in [0.1, 0.15) is 33.1 Å². The fourth-order valence-electron chi connectivity index (χ4n) is 5.82. The van der Waals surface area contributed by atoms with Crippen molar-refractivity contribution in [2.75, 3.05) is 4.90 Å². The largest absolute Gasteiger partial charge is 0.358 e. The van der Waals surface area contributed by atoms with E-state index in [1.54, 1.807) is 37.4 Å². The molecule has 0 saturated carbocycles. The number of aryl methyl sites for hydroxylation is 1. The molecule has 0 aromatic heterocycles. The number of nitrogens with zero attached hydrogens (tertiary/aromatic N) is 3. The standard InChI is InChI=1S/C28H21N3O5/c1-16-11-12-19(31(35)36)15-21(16)30-27(33)22-23(28(30)34)25(26(32)18-8-3-2-4-9-18)29-14-13-17-7-5-6-10-20(17)24(22)29/h2-15,22-25H,1H3/t22-,23-,24-,25+/m1/s1. The number of carbonyl (C=O) groups is 3. The highest BCUT2D eigenvalue weighted by Gasteiger charge is 2.64. The average molecular weight is 479 g/mol. The van der Waals surface area contributed by atoms with Gasteiger partial charge in [-0.05, 0) is 29.7 Å².